The van der Waals surface area contributed by atoms with Gasteiger partial charge in [-0.3, -0.25) is 14.6 Å². The molecule has 1 amide bonds. The first-order valence-corrected chi connectivity index (χ1v) is 6.10. The van der Waals surface area contributed by atoms with Gasteiger partial charge in [-0.2, -0.15) is 0 Å². The van der Waals surface area contributed by atoms with Gasteiger partial charge >= 0.3 is 0 Å². The van der Waals surface area contributed by atoms with Gasteiger partial charge in [-0.1, -0.05) is 13.0 Å². The van der Waals surface area contributed by atoms with E-state index in [4.69, 9.17) is 0 Å². The summed E-state index contributed by atoms with van der Waals surface area (Å²) in [5.41, 5.74) is 1.39. The Morgan fingerprint density at radius 1 is 1.28 bits per heavy atom. The molecule has 0 fully saturated rings. The maximum absolute atomic E-state index is 11.8. The predicted molar refractivity (Wildman–Crippen MR) is 74.9 cm³/mol. The third kappa shape index (κ3) is 6.78. The third-order valence-corrected chi connectivity index (χ3v) is 2.44. The number of hydrogen-bond donors (Lipinski definition) is 1. The number of aliphatic imine (C=N–C) groups is 1. The maximum Gasteiger partial charge on any atom is 0.220 e. The Morgan fingerprint density at radius 2 is 1.94 bits per heavy atom. The van der Waals surface area contributed by atoms with E-state index in [1.807, 2.05) is 19.1 Å². The Hall–Kier alpha value is -1.71. The highest BCUT2D eigenvalue weighted by atomic mass is 16.2. The van der Waals surface area contributed by atoms with Crippen molar-refractivity contribution >= 4 is 17.4 Å². The molecule has 0 heterocycles. The van der Waals surface area contributed by atoms with E-state index in [1.165, 1.54) is 0 Å². The minimum Gasteiger partial charge on any atom is -0.359 e. The predicted octanol–water partition coefficient (Wildman–Crippen LogP) is 2.06. The van der Waals surface area contributed by atoms with E-state index >= 15 is 0 Å². The fraction of sp³-hybridized carbons (Fsp3) is 0.500. The van der Waals surface area contributed by atoms with E-state index in [0.717, 1.165) is 12.1 Å². The molecular formula is C14H22N2O2. The minimum absolute atomic E-state index is 0.0235. The highest BCUT2D eigenvalue weighted by Gasteiger charge is 2.07. The van der Waals surface area contributed by atoms with Crippen molar-refractivity contribution in [1.82, 2.24) is 5.32 Å². The zero-order chi connectivity index (χ0) is 14.0. The monoisotopic (exact) mass is 250 g/mol. The van der Waals surface area contributed by atoms with Gasteiger partial charge in [-0.25, -0.2) is 0 Å². The van der Waals surface area contributed by atoms with Crippen LogP contribution < -0.4 is 5.32 Å². The van der Waals surface area contributed by atoms with Crippen molar-refractivity contribution in [2.75, 3.05) is 14.1 Å². The lowest BCUT2D eigenvalue weighted by atomic mass is 10.1. The van der Waals surface area contributed by atoms with Crippen molar-refractivity contribution in [1.29, 1.82) is 0 Å². The largest absolute Gasteiger partial charge is 0.359 e. The van der Waals surface area contributed by atoms with E-state index in [9.17, 15) is 9.59 Å². The summed E-state index contributed by atoms with van der Waals surface area (Å²) in [4.78, 5) is 26.9. The quantitative estimate of drug-likeness (QED) is 0.555. The van der Waals surface area contributed by atoms with Crippen LogP contribution in [0.2, 0.25) is 0 Å². The molecule has 0 aromatic heterocycles. The first-order chi connectivity index (χ1) is 8.54. The van der Waals surface area contributed by atoms with Crippen LogP contribution in [0.15, 0.2) is 28.8 Å². The van der Waals surface area contributed by atoms with Crippen LogP contribution in [0, 0.1) is 0 Å². The molecule has 18 heavy (non-hydrogen) atoms. The molecule has 1 N–H and O–H groups in total. The molecule has 0 radical (unpaired) electrons. The summed E-state index contributed by atoms with van der Waals surface area (Å²) >= 11 is 0. The molecule has 0 atom stereocenters. The van der Waals surface area contributed by atoms with Gasteiger partial charge in [0.15, 0.2) is 5.78 Å². The summed E-state index contributed by atoms with van der Waals surface area (Å²) in [7, 11) is 3.25. The van der Waals surface area contributed by atoms with E-state index in [1.54, 1.807) is 27.1 Å². The Labute approximate surface area is 109 Å². The number of amides is 1. The van der Waals surface area contributed by atoms with Gasteiger partial charge in [0.2, 0.25) is 5.91 Å². The molecule has 0 bridgehead atoms. The summed E-state index contributed by atoms with van der Waals surface area (Å²) in [5, 5.41) is 2.49. The van der Waals surface area contributed by atoms with Crippen molar-refractivity contribution in [2.45, 2.75) is 33.1 Å². The average molecular weight is 250 g/mol. The van der Waals surface area contributed by atoms with Crippen LogP contribution in [0.25, 0.3) is 0 Å². The van der Waals surface area contributed by atoms with Gasteiger partial charge in [0.1, 0.15) is 0 Å². The number of carbonyl (C=O) groups is 2. The van der Waals surface area contributed by atoms with Gasteiger partial charge in [-0.05, 0) is 31.1 Å². The number of carbonyl (C=O) groups excluding carboxylic acids is 2. The Kier molecular flexibility index (Phi) is 8.45. The number of nitrogens with zero attached hydrogens (tertiary/aromatic N) is 1. The van der Waals surface area contributed by atoms with Crippen molar-refractivity contribution in [3.8, 4) is 0 Å². The Balaban J connectivity index is 4.52. The van der Waals surface area contributed by atoms with Gasteiger partial charge in [0.25, 0.3) is 0 Å². The zero-order valence-corrected chi connectivity index (χ0v) is 11.6. The molecule has 0 aliphatic heterocycles. The molecule has 100 valence electrons. The molecule has 0 spiro atoms. The van der Waals surface area contributed by atoms with Crippen LogP contribution in [-0.4, -0.2) is 31.5 Å². The minimum atomic E-state index is -0.119. The van der Waals surface area contributed by atoms with Gasteiger partial charge in [-0.15, -0.1) is 0 Å². The molecule has 0 rings (SSSR count). The number of hydrogen-bond acceptors (Lipinski definition) is 3. The molecule has 0 aliphatic rings. The fourth-order valence-electron chi connectivity index (χ4n) is 1.28. The fourth-order valence-corrected chi connectivity index (χ4v) is 1.28. The van der Waals surface area contributed by atoms with Crippen LogP contribution in [0.1, 0.15) is 33.1 Å². The second-order valence-corrected chi connectivity index (χ2v) is 3.88. The lowest BCUT2D eigenvalue weighted by molar-refractivity contribution is -0.123. The van der Waals surface area contributed by atoms with Crippen LogP contribution >= 0.6 is 0 Å². The van der Waals surface area contributed by atoms with Gasteiger partial charge in [0.05, 0.1) is 5.71 Å². The lowest BCUT2D eigenvalue weighted by Crippen LogP contribution is -2.18. The Bertz CT molecular complexity index is 379. The molecule has 0 aromatic rings. The SMILES string of the molecule is CC/C=C\C(/C=C(\C)C(=O)CCC(=O)NC)=NC. The number of ketones is 1. The summed E-state index contributed by atoms with van der Waals surface area (Å²) in [6.07, 6.45) is 7.01. The van der Waals surface area contributed by atoms with Crippen molar-refractivity contribution in [2.24, 2.45) is 4.99 Å². The highest BCUT2D eigenvalue weighted by molar-refractivity contribution is 6.09. The Morgan fingerprint density at radius 3 is 2.44 bits per heavy atom. The lowest BCUT2D eigenvalue weighted by Gasteiger charge is -2.01. The van der Waals surface area contributed by atoms with Gasteiger partial charge < -0.3 is 5.32 Å². The average Bonchev–Trinajstić information content (AvgIpc) is 2.39. The number of Topliss-reactive ketones (excluding diaryl/α,β-unsaturated/α-hetero) is 1. The van der Waals surface area contributed by atoms with Gasteiger partial charge in [0, 0.05) is 26.9 Å². The molecule has 4 nitrogen and oxygen atoms in total. The van der Waals surface area contributed by atoms with Crippen LogP contribution in [-0.2, 0) is 9.59 Å². The second kappa shape index (κ2) is 9.33. The normalized spacial score (nSPS) is 12.9. The first kappa shape index (κ1) is 16.3. The first-order valence-electron chi connectivity index (χ1n) is 6.10. The van der Waals surface area contributed by atoms with E-state index in [0.29, 0.717) is 5.57 Å². The van der Waals surface area contributed by atoms with E-state index in [-0.39, 0.29) is 24.5 Å². The second-order valence-electron chi connectivity index (χ2n) is 3.88. The molecular weight excluding hydrogens is 228 g/mol. The van der Waals surface area contributed by atoms with E-state index < -0.39 is 0 Å². The topological polar surface area (TPSA) is 58.5 Å². The number of rotatable bonds is 7. The smallest absolute Gasteiger partial charge is 0.220 e. The standard InChI is InChI=1S/C14H22N2O2/c1-5-6-7-12(15-3)10-11(2)13(17)8-9-14(18)16-4/h6-7,10H,5,8-9H2,1-4H3,(H,16,18)/b7-6-,11-10+,15-12?. The summed E-state index contributed by atoms with van der Waals surface area (Å²) in [6.45, 7) is 3.78. The molecule has 0 saturated carbocycles. The van der Waals surface area contributed by atoms with E-state index in [2.05, 4.69) is 10.3 Å². The summed E-state index contributed by atoms with van der Waals surface area (Å²) < 4.78 is 0. The molecule has 0 aliphatic carbocycles. The maximum atomic E-state index is 11.8. The summed E-state index contributed by atoms with van der Waals surface area (Å²) in [6, 6.07) is 0. The molecule has 0 aromatic carbocycles. The molecule has 4 heteroatoms. The summed E-state index contributed by atoms with van der Waals surface area (Å²) in [5.74, 6) is -0.143. The zero-order valence-electron chi connectivity index (χ0n) is 11.6. The molecule has 0 saturated heterocycles. The highest BCUT2D eigenvalue weighted by Crippen LogP contribution is 2.03. The van der Waals surface area contributed by atoms with Crippen LogP contribution in [0.3, 0.4) is 0 Å². The van der Waals surface area contributed by atoms with Crippen LogP contribution in [0.5, 0.6) is 0 Å². The van der Waals surface area contributed by atoms with Crippen molar-refractivity contribution in [3.63, 3.8) is 0 Å². The van der Waals surface area contributed by atoms with Crippen molar-refractivity contribution in [3.05, 3.63) is 23.8 Å². The van der Waals surface area contributed by atoms with Crippen molar-refractivity contribution < 1.29 is 9.59 Å². The molecule has 0 unspecified atom stereocenters. The number of allylic oxidation sites excluding steroid dienone is 4. The third-order valence-electron chi connectivity index (χ3n) is 2.44. The number of nitrogens with one attached hydrogen (secondary N) is 1. The van der Waals surface area contributed by atoms with Crippen LogP contribution in [0.4, 0.5) is 0 Å².